The van der Waals surface area contributed by atoms with Gasteiger partial charge in [0, 0.05) is 29.4 Å². The number of aryl methyl sites for hydroxylation is 1. The molecule has 0 spiro atoms. The van der Waals surface area contributed by atoms with Gasteiger partial charge in [-0.2, -0.15) is 0 Å². The molecule has 3 aromatic heterocycles. The lowest BCUT2D eigenvalue weighted by Gasteiger charge is -2.25. The highest BCUT2D eigenvalue weighted by Crippen LogP contribution is 2.33. The molecule has 0 saturated carbocycles. The predicted molar refractivity (Wildman–Crippen MR) is 111 cm³/mol. The van der Waals surface area contributed by atoms with E-state index in [9.17, 15) is 0 Å². The van der Waals surface area contributed by atoms with Crippen LogP contribution in [0.2, 0.25) is 0 Å². The topological polar surface area (TPSA) is 49.7 Å². The maximum atomic E-state index is 4.75. The summed E-state index contributed by atoms with van der Waals surface area (Å²) >= 11 is 1.81. The Hall–Kier alpha value is -2.70. The summed E-state index contributed by atoms with van der Waals surface area (Å²) in [6, 6.07) is 12.7. The largest absolute Gasteiger partial charge is 0.343 e. The Labute approximate surface area is 163 Å². The molecule has 1 atom stereocenters. The highest BCUT2D eigenvalue weighted by Gasteiger charge is 2.23. The molecule has 4 rings (SSSR count). The molecular weight excluding hydrogens is 354 g/mol. The minimum absolute atomic E-state index is 0.275. The van der Waals surface area contributed by atoms with E-state index in [1.165, 1.54) is 10.4 Å². The highest BCUT2D eigenvalue weighted by atomic mass is 32.1. The molecule has 0 aliphatic carbocycles. The zero-order valence-corrected chi connectivity index (χ0v) is 16.6. The summed E-state index contributed by atoms with van der Waals surface area (Å²) in [5.41, 5.74) is 4.40. The Morgan fingerprint density at radius 1 is 1.15 bits per heavy atom. The number of benzene rings is 1. The van der Waals surface area contributed by atoms with Gasteiger partial charge < -0.3 is 14.5 Å². The van der Waals surface area contributed by atoms with Gasteiger partial charge in [-0.1, -0.05) is 30.3 Å². The van der Waals surface area contributed by atoms with Crippen molar-refractivity contribution in [2.75, 3.05) is 14.1 Å². The van der Waals surface area contributed by atoms with E-state index in [1.54, 1.807) is 6.20 Å². The number of likely N-dealkylation sites (N-methyl/N-ethyl adjacent to an activating group) is 1. The lowest BCUT2D eigenvalue weighted by Crippen LogP contribution is -2.24. The van der Waals surface area contributed by atoms with E-state index < -0.39 is 0 Å². The number of nitrogens with zero attached hydrogens (tertiary/aromatic N) is 4. The summed E-state index contributed by atoms with van der Waals surface area (Å²) < 4.78 is 2.21. The first-order valence-electron chi connectivity index (χ1n) is 8.96. The quantitative estimate of drug-likeness (QED) is 0.534. The van der Waals surface area contributed by atoms with E-state index in [1.807, 2.05) is 42.1 Å². The van der Waals surface area contributed by atoms with Crippen LogP contribution in [0.15, 0.2) is 60.5 Å². The van der Waals surface area contributed by atoms with Crippen LogP contribution in [0.3, 0.4) is 0 Å². The van der Waals surface area contributed by atoms with Crippen molar-refractivity contribution in [1.82, 2.24) is 24.4 Å². The lowest BCUT2D eigenvalue weighted by atomic mass is 10.1. The van der Waals surface area contributed by atoms with Gasteiger partial charge >= 0.3 is 0 Å². The first-order chi connectivity index (χ1) is 13.1. The number of H-pyrrole nitrogens is 1. The van der Waals surface area contributed by atoms with Crippen LogP contribution in [0.1, 0.15) is 16.5 Å². The third kappa shape index (κ3) is 3.46. The lowest BCUT2D eigenvalue weighted by molar-refractivity contribution is 0.273. The fraction of sp³-hybridized carbons (Fsp3) is 0.238. The van der Waals surface area contributed by atoms with E-state index in [4.69, 9.17) is 4.98 Å². The zero-order chi connectivity index (χ0) is 18.8. The summed E-state index contributed by atoms with van der Waals surface area (Å²) in [6.07, 6.45) is 5.57. The first-order valence-corrected chi connectivity index (χ1v) is 9.84. The zero-order valence-electron chi connectivity index (χ0n) is 15.8. The molecule has 0 bridgehead atoms. The van der Waals surface area contributed by atoms with Crippen LogP contribution in [0, 0.1) is 6.92 Å². The molecule has 0 aliphatic rings. The van der Waals surface area contributed by atoms with Crippen molar-refractivity contribution in [2.45, 2.75) is 19.5 Å². The van der Waals surface area contributed by atoms with Gasteiger partial charge in [0.1, 0.15) is 5.69 Å². The average Bonchev–Trinajstić information content (AvgIpc) is 3.41. The van der Waals surface area contributed by atoms with Gasteiger partial charge in [-0.3, -0.25) is 0 Å². The van der Waals surface area contributed by atoms with Crippen LogP contribution in [-0.4, -0.2) is 38.5 Å². The molecule has 0 radical (unpaired) electrons. The van der Waals surface area contributed by atoms with Crippen molar-refractivity contribution in [2.24, 2.45) is 0 Å². The molecule has 5 nitrogen and oxygen atoms in total. The van der Waals surface area contributed by atoms with Gasteiger partial charge in [-0.25, -0.2) is 9.97 Å². The summed E-state index contributed by atoms with van der Waals surface area (Å²) in [7, 11) is 4.26. The minimum atomic E-state index is 0.275. The Kier molecular flexibility index (Phi) is 4.92. The van der Waals surface area contributed by atoms with E-state index in [0.717, 1.165) is 29.3 Å². The summed E-state index contributed by atoms with van der Waals surface area (Å²) in [5.74, 6) is 0.840. The summed E-state index contributed by atoms with van der Waals surface area (Å²) in [5, 5.41) is 2.16. The number of aromatic nitrogens is 4. The number of rotatable bonds is 6. The van der Waals surface area contributed by atoms with Crippen LogP contribution in [-0.2, 0) is 6.54 Å². The first kappa shape index (κ1) is 17.7. The van der Waals surface area contributed by atoms with Crippen LogP contribution in [0.5, 0.6) is 0 Å². The minimum Gasteiger partial charge on any atom is -0.343 e. The van der Waals surface area contributed by atoms with Crippen LogP contribution in [0.4, 0.5) is 0 Å². The van der Waals surface area contributed by atoms with Crippen molar-refractivity contribution in [3.05, 3.63) is 70.9 Å². The molecular formula is C21H23N5S. The molecule has 3 heterocycles. The van der Waals surface area contributed by atoms with Gasteiger partial charge in [0.05, 0.1) is 18.1 Å². The van der Waals surface area contributed by atoms with E-state index in [2.05, 4.69) is 64.0 Å². The van der Waals surface area contributed by atoms with Gasteiger partial charge in [-0.15, -0.1) is 11.3 Å². The number of imidazole rings is 2. The normalized spacial score (nSPS) is 12.6. The Bertz CT molecular complexity index is 999. The molecule has 27 heavy (non-hydrogen) atoms. The van der Waals surface area contributed by atoms with Crippen molar-refractivity contribution in [1.29, 1.82) is 0 Å². The average molecular weight is 378 g/mol. The molecule has 4 aromatic rings. The number of aromatic amines is 1. The third-order valence-electron chi connectivity index (χ3n) is 4.80. The van der Waals surface area contributed by atoms with Gasteiger partial charge in [0.15, 0.2) is 5.82 Å². The Morgan fingerprint density at radius 3 is 2.59 bits per heavy atom. The standard InChI is InChI=1S/C21H23N5S/c1-15-9-12-27-20(15)17(25(2)3)13-26-14-24-18(16-7-5-4-6-8-16)19(26)21-22-10-11-23-21/h4-12,14,17H,13H2,1-3H3,(H,22,23)/t17-/m0/s1. The second kappa shape index (κ2) is 7.50. The molecule has 0 amide bonds. The molecule has 1 N–H and O–H groups in total. The number of hydrogen-bond acceptors (Lipinski definition) is 4. The molecule has 138 valence electrons. The SMILES string of the molecule is Cc1ccsc1[C@H](Cn1cnc(-c2ccccc2)c1-c1ncc[nH]1)N(C)C. The van der Waals surface area contributed by atoms with Gasteiger partial charge in [-0.05, 0) is 38.0 Å². The molecule has 0 unspecified atom stereocenters. The molecule has 0 fully saturated rings. The number of hydrogen-bond donors (Lipinski definition) is 1. The Morgan fingerprint density at radius 2 is 1.96 bits per heavy atom. The number of thiophene rings is 1. The van der Waals surface area contributed by atoms with Crippen LogP contribution < -0.4 is 0 Å². The number of nitrogens with one attached hydrogen (secondary N) is 1. The fourth-order valence-electron chi connectivity index (χ4n) is 3.36. The Balaban J connectivity index is 1.79. The summed E-state index contributed by atoms with van der Waals surface area (Å²) in [6.45, 7) is 2.99. The monoisotopic (exact) mass is 377 g/mol. The smallest absolute Gasteiger partial charge is 0.156 e. The van der Waals surface area contributed by atoms with Crippen molar-refractivity contribution < 1.29 is 0 Å². The van der Waals surface area contributed by atoms with Crippen molar-refractivity contribution in [3.8, 4) is 22.8 Å². The van der Waals surface area contributed by atoms with Crippen LogP contribution in [0.25, 0.3) is 22.8 Å². The predicted octanol–water partition coefficient (Wildman–Crippen LogP) is 4.61. The van der Waals surface area contributed by atoms with E-state index in [-0.39, 0.29) is 6.04 Å². The second-order valence-corrected chi connectivity index (χ2v) is 7.79. The highest BCUT2D eigenvalue weighted by molar-refractivity contribution is 7.10. The maximum Gasteiger partial charge on any atom is 0.156 e. The fourth-order valence-corrected chi connectivity index (χ4v) is 4.48. The second-order valence-electron chi connectivity index (χ2n) is 6.85. The molecule has 6 heteroatoms. The van der Waals surface area contributed by atoms with Crippen LogP contribution >= 0.6 is 11.3 Å². The van der Waals surface area contributed by atoms with Gasteiger partial charge in [0.25, 0.3) is 0 Å². The van der Waals surface area contributed by atoms with Gasteiger partial charge in [0.2, 0.25) is 0 Å². The third-order valence-corrected chi connectivity index (χ3v) is 5.92. The molecule has 0 aliphatic heterocycles. The summed E-state index contributed by atoms with van der Waals surface area (Å²) in [4.78, 5) is 16.2. The van der Waals surface area contributed by atoms with Crippen molar-refractivity contribution in [3.63, 3.8) is 0 Å². The maximum absolute atomic E-state index is 4.75. The van der Waals surface area contributed by atoms with Crippen molar-refractivity contribution >= 4 is 11.3 Å². The molecule has 0 saturated heterocycles. The molecule has 1 aromatic carbocycles. The van der Waals surface area contributed by atoms with E-state index >= 15 is 0 Å². The van der Waals surface area contributed by atoms with E-state index in [0.29, 0.717) is 0 Å².